The average Bonchev–Trinajstić information content (AvgIpc) is 3.11. The van der Waals surface area contributed by atoms with Crippen LogP contribution in [-0.4, -0.2) is 72.9 Å². The first-order valence-electron chi connectivity index (χ1n) is 8.15. The van der Waals surface area contributed by atoms with Gasteiger partial charge in [-0.05, 0) is 24.3 Å². The fourth-order valence-corrected chi connectivity index (χ4v) is 2.74. The van der Waals surface area contributed by atoms with E-state index in [0.717, 1.165) is 24.4 Å². The van der Waals surface area contributed by atoms with Crippen molar-refractivity contribution in [3.05, 3.63) is 30.2 Å². The maximum Gasteiger partial charge on any atom is 0.248 e. The third-order valence-corrected chi connectivity index (χ3v) is 4.17. The van der Waals surface area contributed by atoms with Crippen LogP contribution < -0.4 is 4.74 Å². The lowest BCUT2D eigenvalue weighted by molar-refractivity contribution is -0.137. The molecule has 1 saturated heterocycles. The van der Waals surface area contributed by atoms with E-state index < -0.39 is 0 Å². The first-order valence-corrected chi connectivity index (χ1v) is 8.15. The molecule has 3 rings (SSSR count). The molecular formula is C17H22N4O4. The van der Waals surface area contributed by atoms with Crippen molar-refractivity contribution in [2.75, 3.05) is 47.0 Å². The van der Waals surface area contributed by atoms with E-state index in [4.69, 9.17) is 14.0 Å². The van der Waals surface area contributed by atoms with Crippen molar-refractivity contribution in [2.45, 2.75) is 6.54 Å². The lowest BCUT2D eigenvalue weighted by atomic mass is 10.2. The van der Waals surface area contributed by atoms with Crippen molar-refractivity contribution in [1.29, 1.82) is 0 Å². The Labute approximate surface area is 146 Å². The van der Waals surface area contributed by atoms with Gasteiger partial charge >= 0.3 is 0 Å². The number of nitrogens with zero attached hydrogens (tertiary/aromatic N) is 4. The Kier molecular flexibility index (Phi) is 5.62. The van der Waals surface area contributed by atoms with Gasteiger partial charge in [0.1, 0.15) is 12.4 Å². The largest absolute Gasteiger partial charge is 0.497 e. The van der Waals surface area contributed by atoms with Gasteiger partial charge in [0.05, 0.1) is 13.7 Å². The van der Waals surface area contributed by atoms with Crippen molar-refractivity contribution in [2.24, 2.45) is 0 Å². The summed E-state index contributed by atoms with van der Waals surface area (Å²) >= 11 is 0. The molecule has 1 aromatic carbocycles. The van der Waals surface area contributed by atoms with Gasteiger partial charge in [-0.1, -0.05) is 5.16 Å². The molecule has 0 N–H and O–H groups in total. The molecule has 1 aliphatic rings. The highest BCUT2D eigenvalue weighted by Crippen LogP contribution is 2.20. The number of hydrogen-bond acceptors (Lipinski definition) is 7. The lowest BCUT2D eigenvalue weighted by Gasteiger charge is -2.33. The summed E-state index contributed by atoms with van der Waals surface area (Å²) in [4.78, 5) is 20.3. The van der Waals surface area contributed by atoms with Gasteiger partial charge in [-0.2, -0.15) is 4.98 Å². The molecular weight excluding hydrogens is 324 g/mol. The number of rotatable bonds is 6. The average molecular weight is 346 g/mol. The topological polar surface area (TPSA) is 80.9 Å². The van der Waals surface area contributed by atoms with Gasteiger partial charge in [0.25, 0.3) is 0 Å². The number of methoxy groups -OCH3 is 2. The van der Waals surface area contributed by atoms with Crippen LogP contribution in [0.1, 0.15) is 5.89 Å². The van der Waals surface area contributed by atoms with E-state index in [1.807, 2.05) is 29.2 Å². The number of carbonyl (C=O) groups is 1. The summed E-state index contributed by atoms with van der Waals surface area (Å²) in [5.74, 6) is 1.95. The smallest absolute Gasteiger partial charge is 0.248 e. The number of amides is 1. The first kappa shape index (κ1) is 17.4. The number of piperazine rings is 1. The van der Waals surface area contributed by atoms with Crippen LogP contribution >= 0.6 is 0 Å². The molecule has 25 heavy (non-hydrogen) atoms. The van der Waals surface area contributed by atoms with Crippen molar-refractivity contribution >= 4 is 5.91 Å². The van der Waals surface area contributed by atoms with Gasteiger partial charge in [-0.25, -0.2) is 0 Å². The molecule has 2 aromatic rings. The number of benzene rings is 1. The van der Waals surface area contributed by atoms with Gasteiger partial charge in [0, 0.05) is 38.9 Å². The van der Waals surface area contributed by atoms with Crippen molar-refractivity contribution in [3.8, 4) is 17.1 Å². The van der Waals surface area contributed by atoms with Crippen LogP contribution in [0.3, 0.4) is 0 Å². The Bertz CT molecular complexity index is 693. The Morgan fingerprint density at radius 1 is 1.16 bits per heavy atom. The first-order chi connectivity index (χ1) is 12.2. The zero-order valence-corrected chi connectivity index (χ0v) is 14.5. The van der Waals surface area contributed by atoms with Crippen molar-refractivity contribution < 1.29 is 18.8 Å². The molecule has 1 aliphatic heterocycles. The van der Waals surface area contributed by atoms with Gasteiger partial charge in [-0.3, -0.25) is 9.69 Å². The van der Waals surface area contributed by atoms with E-state index in [2.05, 4.69) is 15.0 Å². The summed E-state index contributed by atoms with van der Waals surface area (Å²) in [5, 5.41) is 4.04. The molecule has 1 aromatic heterocycles. The van der Waals surface area contributed by atoms with E-state index in [1.165, 1.54) is 7.11 Å². The molecule has 0 spiro atoms. The normalized spacial score (nSPS) is 15.4. The monoisotopic (exact) mass is 346 g/mol. The summed E-state index contributed by atoms with van der Waals surface area (Å²) in [7, 11) is 3.16. The molecule has 8 heteroatoms. The van der Waals surface area contributed by atoms with Crippen LogP contribution in [0.25, 0.3) is 11.4 Å². The molecule has 0 saturated carbocycles. The third-order valence-electron chi connectivity index (χ3n) is 4.17. The maximum absolute atomic E-state index is 11.8. The van der Waals surface area contributed by atoms with Crippen molar-refractivity contribution in [3.63, 3.8) is 0 Å². The van der Waals surface area contributed by atoms with Gasteiger partial charge in [0.2, 0.25) is 17.6 Å². The highest BCUT2D eigenvalue weighted by Gasteiger charge is 2.22. The SMILES string of the molecule is COCC(=O)N1CCN(Cc2nc(-c3ccc(OC)cc3)no2)CC1. The molecule has 1 amide bonds. The summed E-state index contributed by atoms with van der Waals surface area (Å²) in [5.41, 5.74) is 0.880. The Morgan fingerprint density at radius 2 is 1.88 bits per heavy atom. The Balaban J connectivity index is 1.54. The third kappa shape index (κ3) is 4.34. The molecule has 1 fully saturated rings. The molecule has 134 valence electrons. The summed E-state index contributed by atoms with van der Waals surface area (Å²) in [6, 6.07) is 7.52. The predicted molar refractivity (Wildman–Crippen MR) is 90.0 cm³/mol. The highest BCUT2D eigenvalue weighted by atomic mass is 16.5. The number of ether oxygens (including phenoxy) is 2. The second-order valence-corrected chi connectivity index (χ2v) is 5.83. The molecule has 0 atom stereocenters. The second-order valence-electron chi connectivity index (χ2n) is 5.83. The number of aromatic nitrogens is 2. The summed E-state index contributed by atoms with van der Waals surface area (Å²) < 4.78 is 15.4. The minimum atomic E-state index is 0.0294. The van der Waals surface area contributed by atoms with E-state index in [1.54, 1.807) is 7.11 Å². The predicted octanol–water partition coefficient (Wildman–Crippen LogP) is 1.04. The summed E-state index contributed by atoms with van der Waals surface area (Å²) in [6.07, 6.45) is 0. The second kappa shape index (κ2) is 8.09. The van der Waals surface area contributed by atoms with Crippen LogP contribution in [0.2, 0.25) is 0 Å². The van der Waals surface area contributed by atoms with E-state index in [0.29, 0.717) is 31.3 Å². The fourth-order valence-electron chi connectivity index (χ4n) is 2.74. The Morgan fingerprint density at radius 3 is 2.52 bits per heavy atom. The fraction of sp³-hybridized carbons (Fsp3) is 0.471. The van der Waals surface area contributed by atoms with Crippen LogP contribution in [0, 0.1) is 0 Å². The molecule has 0 bridgehead atoms. The molecule has 0 radical (unpaired) electrons. The van der Waals surface area contributed by atoms with Crippen LogP contribution in [0.15, 0.2) is 28.8 Å². The van der Waals surface area contributed by atoms with E-state index in [-0.39, 0.29) is 12.5 Å². The quantitative estimate of drug-likeness (QED) is 0.773. The zero-order chi connectivity index (χ0) is 17.6. The molecule has 2 heterocycles. The molecule has 0 unspecified atom stereocenters. The lowest BCUT2D eigenvalue weighted by Crippen LogP contribution is -2.49. The van der Waals surface area contributed by atoms with Crippen molar-refractivity contribution in [1.82, 2.24) is 19.9 Å². The molecule has 0 aliphatic carbocycles. The van der Waals surface area contributed by atoms with Crippen LogP contribution in [-0.2, 0) is 16.1 Å². The van der Waals surface area contributed by atoms with E-state index in [9.17, 15) is 4.79 Å². The maximum atomic E-state index is 11.8. The summed E-state index contributed by atoms with van der Waals surface area (Å²) in [6.45, 7) is 3.62. The minimum absolute atomic E-state index is 0.0294. The van der Waals surface area contributed by atoms with Crippen LogP contribution in [0.4, 0.5) is 0 Å². The van der Waals surface area contributed by atoms with Gasteiger partial charge in [-0.15, -0.1) is 0 Å². The standard InChI is InChI=1S/C17H22N4O4/c1-23-12-16(22)21-9-7-20(8-10-21)11-15-18-17(19-25-15)13-3-5-14(24-2)6-4-13/h3-6H,7-12H2,1-2H3. The minimum Gasteiger partial charge on any atom is -0.497 e. The van der Waals surface area contributed by atoms with Crippen LogP contribution in [0.5, 0.6) is 5.75 Å². The van der Waals surface area contributed by atoms with Gasteiger partial charge < -0.3 is 18.9 Å². The number of hydrogen-bond donors (Lipinski definition) is 0. The molecule has 8 nitrogen and oxygen atoms in total. The highest BCUT2D eigenvalue weighted by molar-refractivity contribution is 5.77. The zero-order valence-electron chi connectivity index (χ0n) is 14.5. The van der Waals surface area contributed by atoms with E-state index >= 15 is 0 Å². The number of carbonyl (C=O) groups excluding carboxylic acids is 1. The van der Waals surface area contributed by atoms with Gasteiger partial charge in [0.15, 0.2) is 0 Å². The Hall–Kier alpha value is -2.45.